The number of alkyl halides is 3. The molecule has 4 nitrogen and oxygen atoms in total. The Labute approximate surface area is 223 Å². The lowest BCUT2D eigenvalue weighted by molar-refractivity contribution is -0.137. The summed E-state index contributed by atoms with van der Waals surface area (Å²) < 4.78 is 39.6. The molecule has 1 atom stereocenters. The minimum Gasteiger partial charge on any atom is -0.306 e. The quantitative estimate of drug-likeness (QED) is 0.320. The number of nitrogens with zero attached hydrogens (tertiary/aromatic N) is 1. The van der Waals surface area contributed by atoms with Crippen LogP contribution >= 0.6 is 23.4 Å². The van der Waals surface area contributed by atoms with E-state index in [2.05, 4.69) is 39.9 Å². The number of pyridine rings is 1. The first-order valence-electron chi connectivity index (χ1n) is 11.6. The molecule has 3 aromatic rings. The maximum atomic E-state index is 13.2. The van der Waals surface area contributed by atoms with Crippen LogP contribution in [0.5, 0.6) is 0 Å². The first kappa shape index (κ1) is 27.0. The second kappa shape index (κ2) is 11.5. The van der Waals surface area contributed by atoms with E-state index in [1.54, 1.807) is 6.08 Å². The van der Waals surface area contributed by atoms with Gasteiger partial charge in [-0.3, -0.25) is 10.1 Å². The lowest BCUT2D eigenvalue weighted by Gasteiger charge is -2.29. The number of hydrogen-bond acceptors (Lipinski definition) is 4. The van der Waals surface area contributed by atoms with Crippen LogP contribution in [-0.2, 0) is 11.0 Å². The van der Waals surface area contributed by atoms with Gasteiger partial charge < -0.3 is 5.32 Å². The van der Waals surface area contributed by atoms with Gasteiger partial charge in [-0.2, -0.15) is 13.2 Å². The van der Waals surface area contributed by atoms with Crippen LogP contribution in [0.15, 0.2) is 94.4 Å². The lowest BCUT2D eigenvalue weighted by Crippen LogP contribution is -2.33. The summed E-state index contributed by atoms with van der Waals surface area (Å²) in [4.78, 5) is 18.2. The molecule has 4 rings (SSSR count). The van der Waals surface area contributed by atoms with Gasteiger partial charge in [0, 0.05) is 17.1 Å². The van der Waals surface area contributed by atoms with Crippen molar-refractivity contribution in [1.29, 1.82) is 0 Å². The molecule has 37 heavy (non-hydrogen) atoms. The second-order valence-electron chi connectivity index (χ2n) is 8.66. The van der Waals surface area contributed by atoms with Gasteiger partial charge in [0.25, 0.3) is 5.91 Å². The van der Waals surface area contributed by atoms with Gasteiger partial charge in [-0.25, -0.2) is 4.98 Å². The number of nitrogens with one attached hydrogen (secondary N) is 2. The number of allylic oxidation sites excluding steroid dienone is 2. The van der Waals surface area contributed by atoms with Crippen LogP contribution in [0.25, 0.3) is 0 Å². The van der Waals surface area contributed by atoms with Crippen molar-refractivity contribution in [1.82, 2.24) is 10.3 Å². The molecule has 0 spiro atoms. The molecule has 0 radical (unpaired) electrons. The zero-order valence-corrected chi connectivity index (χ0v) is 21.7. The SMILES string of the molecule is CC1=C([C@@H](C)NC(c2ccccc2)c2ccccc2)SC(C(=O)Nc2cc(C(F)(F)F)c(Cl)cn2)=CC1. The summed E-state index contributed by atoms with van der Waals surface area (Å²) in [7, 11) is 0. The Kier molecular flexibility index (Phi) is 8.42. The highest BCUT2D eigenvalue weighted by molar-refractivity contribution is 8.07. The summed E-state index contributed by atoms with van der Waals surface area (Å²) in [6.45, 7) is 4.06. The van der Waals surface area contributed by atoms with Crippen molar-refractivity contribution in [2.75, 3.05) is 5.32 Å². The van der Waals surface area contributed by atoms with Crippen LogP contribution in [-0.4, -0.2) is 16.9 Å². The minimum atomic E-state index is -4.65. The van der Waals surface area contributed by atoms with Crippen LogP contribution in [0.4, 0.5) is 19.0 Å². The van der Waals surface area contributed by atoms with E-state index >= 15 is 0 Å². The molecule has 1 amide bonds. The van der Waals surface area contributed by atoms with Gasteiger partial charge in [0.15, 0.2) is 0 Å². The largest absolute Gasteiger partial charge is 0.418 e. The molecule has 0 aliphatic carbocycles. The third-order valence-corrected chi connectivity index (χ3v) is 7.73. The predicted octanol–water partition coefficient (Wildman–Crippen LogP) is 7.75. The Balaban J connectivity index is 1.50. The number of amides is 1. The fraction of sp³-hybridized carbons (Fsp3) is 0.214. The number of hydrogen-bond donors (Lipinski definition) is 2. The van der Waals surface area contributed by atoms with Gasteiger partial charge in [-0.05, 0) is 37.5 Å². The van der Waals surface area contributed by atoms with Gasteiger partial charge in [0.1, 0.15) is 5.82 Å². The fourth-order valence-corrected chi connectivity index (χ4v) is 5.35. The summed E-state index contributed by atoms with van der Waals surface area (Å²) in [6.07, 6.45) is -1.43. The van der Waals surface area contributed by atoms with Crippen molar-refractivity contribution in [2.24, 2.45) is 0 Å². The predicted molar refractivity (Wildman–Crippen MR) is 143 cm³/mol. The highest BCUT2D eigenvalue weighted by Gasteiger charge is 2.34. The van der Waals surface area contributed by atoms with E-state index in [1.165, 1.54) is 11.8 Å². The van der Waals surface area contributed by atoms with Crippen molar-refractivity contribution in [3.63, 3.8) is 0 Å². The molecule has 0 bridgehead atoms. The van der Waals surface area contributed by atoms with Gasteiger partial charge in [-0.15, -0.1) is 0 Å². The van der Waals surface area contributed by atoms with Crippen molar-refractivity contribution in [3.05, 3.63) is 116 Å². The fourth-order valence-electron chi connectivity index (χ4n) is 4.09. The standard InChI is InChI=1S/C28H25ClF3N3OS/c1-17-13-14-23(27(36)35-24-15-21(28(30,31)32)22(29)16-33-24)37-26(17)18(2)34-25(19-9-5-3-6-10-19)20-11-7-4-8-12-20/h3-12,14-16,18,25,34H,13H2,1-2H3,(H,33,35,36)/t18-/m1/s1. The number of halogens is 4. The lowest BCUT2D eigenvalue weighted by atomic mass is 9.97. The average molecular weight is 544 g/mol. The summed E-state index contributed by atoms with van der Waals surface area (Å²) in [5, 5.41) is 5.65. The first-order chi connectivity index (χ1) is 17.6. The number of benzene rings is 2. The molecule has 1 aliphatic heterocycles. The Morgan fingerprint density at radius 1 is 1.05 bits per heavy atom. The van der Waals surface area contributed by atoms with E-state index in [1.807, 2.05) is 50.2 Å². The van der Waals surface area contributed by atoms with Crippen LogP contribution in [0, 0.1) is 0 Å². The van der Waals surface area contributed by atoms with E-state index in [0.717, 1.165) is 33.9 Å². The number of carbonyl (C=O) groups is 1. The normalized spacial score (nSPS) is 14.9. The molecule has 192 valence electrons. The molecular weight excluding hydrogens is 519 g/mol. The van der Waals surface area contributed by atoms with Crippen molar-refractivity contribution >= 4 is 35.1 Å². The monoisotopic (exact) mass is 543 g/mol. The van der Waals surface area contributed by atoms with Crippen molar-refractivity contribution < 1.29 is 18.0 Å². The Bertz CT molecular complexity index is 1290. The van der Waals surface area contributed by atoms with Gasteiger partial charge in [0.05, 0.1) is 21.5 Å². The van der Waals surface area contributed by atoms with Crippen LogP contribution in [0.2, 0.25) is 5.02 Å². The molecule has 2 heterocycles. The van der Waals surface area contributed by atoms with Gasteiger partial charge in [0.2, 0.25) is 0 Å². The van der Waals surface area contributed by atoms with Gasteiger partial charge >= 0.3 is 6.18 Å². The summed E-state index contributed by atoms with van der Waals surface area (Å²) in [5.41, 5.74) is 2.29. The van der Waals surface area contributed by atoms with Crippen molar-refractivity contribution in [3.8, 4) is 0 Å². The Morgan fingerprint density at radius 2 is 1.65 bits per heavy atom. The molecule has 0 saturated heterocycles. The summed E-state index contributed by atoms with van der Waals surface area (Å²) >= 11 is 6.95. The number of carbonyl (C=O) groups excluding carboxylic acids is 1. The minimum absolute atomic E-state index is 0.0689. The van der Waals surface area contributed by atoms with Crippen LogP contribution in [0.1, 0.15) is 43.0 Å². The molecule has 0 saturated carbocycles. The molecule has 1 aromatic heterocycles. The molecule has 0 fully saturated rings. The van der Waals surface area contributed by atoms with Gasteiger partial charge in [-0.1, -0.05) is 95.7 Å². The maximum absolute atomic E-state index is 13.2. The highest BCUT2D eigenvalue weighted by Crippen LogP contribution is 2.39. The third-order valence-electron chi connectivity index (χ3n) is 5.94. The maximum Gasteiger partial charge on any atom is 0.418 e. The smallest absolute Gasteiger partial charge is 0.306 e. The topological polar surface area (TPSA) is 54.0 Å². The van der Waals surface area contributed by atoms with E-state index in [0.29, 0.717) is 11.3 Å². The Hall–Kier alpha value is -3.07. The van der Waals surface area contributed by atoms with E-state index in [4.69, 9.17) is 11.6 Å². The van der Waals surface area contributed by atoms with Crippen LogP contribution in [0.3, 0.4) is 0 Å². The van der Waals surface area contributed by atoms with Crippen molar-refractivity contribution in [2.45, 2.75) is 38.5 Å². The second-order valence-corrected chi connectivity index (χ2v) is 10.2. The molecule has 2 aromatic carbocycles. The zero-order chi connectivity index (χ0) is 26.6. The summed E-state index contributed by atoms with van der Waals surface area (Å²) in [6, 6.07) is 20.8. The average Bonchev–Trinajstić information content (AvgIpc) is 2.89. The Morgan fingerprint density at radius 3 is 2.22 bits per heavy atom. The summed E-state index contributed by atoms with van der Waals surface area (Å²) in [5.74, 6) is -0.733. The molecule has 9 heteroatoms. The molecule has 0 unspecified atom stereocenters. The number of aromatic nitrogens is 1. The van der Waals surface area contributed by atoms with E-state index in [9.17, 15) is 18.0 Å². The van der Waals surface area contributed by atoms with Crippen LogP contribution < -0.4 is 10.6 Å². The molecule has 2 N–H and O–H groups in total. The van der Waals surface area contributed by atoms with E-state index in [-0.39, 0.29) is 17.9 Å². The highest BCUT2D eigenvalue weighted by atomic mass is 35.5. The molecular formula is C28H25ClF3N3OS. The van der Waals surface area contributed by atoms with E-state index < -0.39 is 22.7 Å². The third kappa shape index (κ3) is 6.63. The number of thioether (sulfide) groups is 1. The number of anilines is 1. The zero-order valence-electron chi connectivity index (χ0n) is 20.1. The first-order valence-corrected chi connectivity index (χ1v) is 12.8. The number of rotatable bonds is 7. The molecule has 1 aliphatic rings.